The van der Waals surface area contributed by atoms with Gasteiger partial charge in [-0.3, -0.25) is 9.59 Å². The zero-order valence-corrected chi connectivity index (χ0v) is 15.0. The number of ether oxygens (including phenoxy) is 2. The number of anilines is 1. The molecule has 0 saturated heterocycles. The third-order valence-corrected chi connectivity index (χ3v) is 5.02. The third-order valence-electron chi connectivity index (χ3n) is 5.02. The Labute approximate surface area is 157 Å². The van der Waals surface area contributed by atoms with Crippen molar-refractivity contribution in [3.63, 3.8) is 0 Å². The maximum absolute atomic E-state index is 12.6. The largest absolute Gasteiger partial charge is 0.454 e. The van der Waals surface area contributed by atoms with Crippen LogP contribution in [0.3, 0.4) is 0 Å². The molecule has 1 saturated carbocycles. The molecule has 6 heteroatoms. The van der Waals surface area contributed by atoms with Crippen LogP contribution < -0.4 is 20.1 Å². The second-order valence-electron chi connectivity index (χ2n) is 6.95. The van der Waals surface area contributed by atoms with E-state index in [9.17, 15) is 9.59 Å². The number of hydrogen-bond donors (Lipinski definition) is 2. The van der Waals surface area contributed by atoms with Crippen molar-refractivity contribution in [1.29, 1.82) is 0 Å². The molecule has 4 rings (SSSR count). The van der Waals surface area contributed by atoms with Crippen LogP contribution in [0.25, 0.3) is 0 Å². The third kappa shape index (κ3) is 3.74. The van der Waals surface area contributed by atoms with Crippen molar-refractivity contribution in [2.24, 2.45) is 5.41 Å². The van der Waals surface area contributed by atoms with Gasteiger partial charge in [0, 0.05) is 18.3 Å². The summed E-state index contributed by atoms with van der Waals surface area (Å²) in [5.41, 5.74) is 0.907. The van der Waals surface area contributed by atoms with E-state index in [2.05, 4.69) is 22.8 Å². The van der Waals surface area contributed by atoms with Gasteiger partial charge in [-0.2, -0.15) is 0 Å². The lowest BCUT2D eigenvalue weighted by atomic mass is 10.0. The molecule has 1 aliphatic carbocycles. The van der Waals surface area contributed by atoms with Crippen LogP contribution in [0.1, 0.15) is 24.8 Å². The first-order chi connectivity index (χ1) is 13.2. The molecule has 6 nitrogen and oxygen atoms in total. The lowest BCUT2D eigenvalue weighted by Crippen LogP contribution is -2.40. The van der Waals surface area contributed by atoms with Crippen LogP contribution in [0.15, 0.2) is 48.5 Å². The van der Waals surface area contributed by atoms with Gasteiger partial charge in [-0.25, -0.2) is 0 Å². The Hall–Kier alpha value is -3.02. The molecular weight excluding hydrogens is 344 g/mol. The van der Waals surface area contributed by atoms with Crippen molar-refractivity contribution in [2.75, 3.05) is 18.7 Å². The highest BCUT2D eigenvalue weighted by Crippen LogP contribution is 2.47. The van der Waals surface area contributed by atoms with Crippen LogP contribution in [0.4, 0.5) is 5.69 Å². The maximum atomic E-state index is 12.6. The fraction of sp³-hybridized carbons (Fsp3) is 0.333. The summed E-state index contributed by atoms with van der Waals surface area (Å²) in [6.07, 6.45) is 2.90. The Morgan fingerprint density at radius 1 is 0.963 bits per heavy atom. The van der Waals surface area contributed by atoms with Crippen LogP contribution >= 0.6 is 0 Å². The van der Waals surface area contributed by atoms with Crippen LogP contribution in [0.5, 0.6) is 11.5 Å². The van der Waals surface area contributed by atoms with Crippen molar-refractivity contribution < 1.29 is 19.1 Å². The minimum Gasteiger partial charge on any atom is -0.454 e. The van der Waals surface area contributed by atoms with E-state index in [1.165, 1.54) is 5.56 Å². The van der Waals surface area contributed by atoms with Crippen molar-refractivity contribution in [2.45, 2.75) is 25.7 Å². The number of carbonyl (C=O) groups is 2. The predicted octanol–water partition coefficient (Wildman–Crippen LogP) is 2.88. The summed E-state index contributed by atoms with van der Waals surface area (Å²) >= 11 is 0. The van der Waals surface area contributed by atoms with Crippen LogP contribution in [-0.4, -0.2) is 25.2 Å². The smallest absolute Gasteiger partial charge is 0.240 e. The summed E-state index contributed by atoms with van der Waals surface area (Å²) in [6.45, 7) is 0.745. The van der Waals surface area contributed by atoms with Gasteiger partial charge in [-0.1, -0.05) is 30.3 Å². The molecule has 1 aliphatic heterocycles. The van der Waals surface area contributed by atoms with E-state index in [0.717, 1.165) is 12.8 Å². The summed E-state index contributed by atoms with van der Waals surface area (Å²) < 4.78 is 10.6. The average Bonchev–Trinajstić information content (AvgIpc) is 3.38. The first-order valence-electron chi connectivity index (χ1n) is 9.21. The number of carbonyl (C=O) groups excluding carboxylic acids is 2. The summed E-state index contributed by atoms with van der Waals surface area (Å²) in [4.78, 5) is 25.2. The summed E-state index contributed by atoms with van der Waals surface area (Å²) in [5, 5.41) is 5.76. The Kier molecular flexibility index (Phi) is 4.71. The van der Waals surface area contributed by atoms with E-state index in [-0.39, 0.29) is 18.6 Å². The first kappa shape index (κ1) is 17.4. The number of fused-ring (bicyclic) bond motifs is 1. The monoisotopic (exact) mass is 366 g/mol. The normalized spacial score (nSPS) is 15.9. The fourth-order valence-corrected chi connectivity index (χ4v) is 3.22. The molecule has 2 aromatic rings. The molecule has 1 fully saturated rings. The van der Waals surface area contributed by atoms with Crippen molar-refractivity contribution in [1.82, 2.24) is 5.32 Å². The highest BCUT2D eigenvalue weighted by molar-refractivity contribution is 6.13. The Morgan fingerprint density at radius 3 is 2.52 bits per heavy atom. The zero-order chi connectivity index (χ0) is 18.7. The standard InChI is InChI=1S/C21H22N2O4/c24-19(22-12-4-7-15-5-2-1-3-6-15)21(10-11-21)20(25)23-16-8-9-17-18(13-16)27-14-26-17/h1-3,5-6,8-9,13H,4,7,10-12,14H2,(H,22,24)(H,23,25). The number of rotatable bonds is 7. The molecule has 2 amide bonds. The molecule has 2 aromatic carbocycles. The van der Waals surface area contributed by atoms with E-state index in [1.807, 2.05) is 18.2 Å². The quantitative estimate of drug-likeness (QED) is 0.584. The van der Waals surface area contributed by atoms with Crippen molar-refractivity contribution >= 4 is 17.5 Å². The molecule has 1 heterocycles. The molecular formula is C21H22N2O4. The molecule has 0 aromatic heterocycles. The van der Waals surface area contributed by atoms with Gasteiger partial charge in [0.1, 0.15) is 5.41 Å². The van der Waals surface area contributed by atoms with Gasteiger partial charge in [0.25, 0.3) is 0 Å². The second-order valence-corrected chi connectivity index (χ2v) is 6.95. The predicted molar refractivity (Wildman–Crippen MR) is 101 cm³/mol. The molecule has 0 unspecified atom stereocenters. The highest BCUT2D eigenvalue weighted by atomic mass is 16.7. The number of hydrogen-bond acceptors (Lipinski definition) is 4. The van der Waals surface area contributed by atoms with E-state index in [4.69, 9.17) is 9.47 Å². The van der Waals surface area contributed by atoms with Gasteiger partial charge in [-0.05, 0) is 43.4 Å². The van der Waals surface area contributed by atoms with Gasteiger partial charge >= 0.3 is 0 Å². The van der Waals surface area contributed by atoms with Gasteiger partial charge in [0.05, 0.1) is 0 Å². The van der Waals surface area contributed by atoms with Crippen LogP contribution in [0, 0.1) is 5.41 Å². The lowest BCUT2D eigenvalue weighted by molar-refractivity contribution is -0.134. The number of nitrogens with one attached hydrogen (secondary N) is 2. The van der Waals surface area contributed by atoms with Crippen LogP contribution in [0.2, 0.25) is 0 Å². The fourth-order valence-electron chi connectivity index (χ4n) is 3.22. The topological polar surface area (TPSA) is 76.7 Å². The Balaban J connectivity index is 1.28. The molecule has 2 aliphatic rings. The lowest BCUT2D eigenvalue weighted by Gasteiger charge is -2.15. The SMILES string of the molecule is O=C(NCCCc1ccccc1)C1(C(=O)Nc2ccc3c(c2)OCO3)CC1. The van der Waals surface area contributed by atoms with Gasteiger partial charge < -0.3 is 20.1 Å². The Morgan fingerprint density at radius 2 is 1.74 bits per heavy atom. The van der Waals surface area contributed by atoms with E-state index in [0.29, 0.717) is 36.6 Å². The molecule has 0 spiro atoms. The highest BCUT2D eigenvalue weighted by Gasteiger charge is 2.56. The average molecular weight is 366 g/mol. The summed E-state index contributed by atoms with van der Waals surface area (Å²) in [7, 11) is 0. The molecule has 2 N–H and O–H groups in total. The van der Waals surface area contributed by atoms with E-state index in [1.54, 1.807) is 18.2 Å². The summed E-state index contributed by atoms with van der Waals surface area (Å²) in [5.74, 6) is 0.809. The van der Waals surface area contributed by atoms with Gasteiger partial charge in [0.2, 0.25) is 18.6 Å². The van der Waals surface area contributed by atoms with E-state index < -0.39 is 5.41 Å². The minimum atomic E-state index is -0.941. The van der Waals surface area contributed by atoms with Crippen molar-refractivity contribution in [3.8, 4) is 11.5 Å². The molecule has 0 atom stereocenters. The number of amides is 2. The maximum Gasteiger partial charge on any atom is 0.240 e. The molecule has 0 bridgehead atoms. The van der Waals surface area contributed by atoms with Gasteiger partial charge in [-0.15, -0.1) is 0 Å². The molecule has 140 valence electrons. The summed E-state index contributed by atoms with van der Waals surface area (Å²) in [6, 6.07) is 15.4. The molecule has 0 radical (unpaired) electrons. The first-order valence-corrected chi connectivity index (χ1v) is 9.21. The minimum absolute atomic E-state index is 0.183. The van der Waals surface area contributed by atoms with E-state index >= 15 is 0 Å². The second kappa shape index (κ2) is 7.31. The number of aryl methyl sites for hydroxylation is 1. The van der Waals surface area contributed by atoms with Crippen LogP contribution in [-0.2, 0) is 16.0 Å². The zero-order valence-electron chi connectivity index (χ0n) is 15.0. The number of benzene rings is 2. The molecule has 27 heavy (non-hydrogen) atoms. The van der Waals surface area contributed by atoms with Crippen molar-refractivity contribution in [3.05, 3.63) is 54.1 Å². The van der Waals surface area contributed by atoms with Gasteiger partial charge in [0.15, 0.2) is 11.5 Å². The Bertz CT molecular complexity index is 847.